The van der Waals surface area contributed by atoms with E-state index in [1.165, 1.54) is 30.7 Å². The summed E-state index contributed by atoms with van der Waals surface area (Å²) in [5.74, 6) is 0.115. The minimum absolute atomic E-state index is 0.00420. The maximum Gasteiger partial charge on any atom is 0.573 e. The van der Waals surface area contributed by atoms with Crippen molar-refractivity contribution in [3.8, 4) is 5.75 Å². The summed E-state index contributed by atoms with van der Waals surface area (Å²) in [7, 11) is 0. The fraction of sp³-hybridized carbons (Fsp3) is 0.533. The molecule has 5 heteroatoms. The Balaban J connectivity index is 1.93. The highest BCUT2D eigenvalue weighted by Crippen LogP contribution is 2.28. The van der Waals surface area contributed by atoms with E-state index in [0.29, 0.717) is 17.9 Å². The zero-order valence-electron chi connectivity index (χ0n) is 11.1. The third kappa shape index (κ3) is 4.54. The molecule has 1 aromatic rings. The molecular weight excluding hydrogens is 269 g/mol. The van der Waals surface area contributed by atoms with Gasteiger partial charge in [-0.15, -0.1) is 13.2 Å². The first-order valence-electron chi connectivity index (χ1n) is 6.83. The maximum atomic E-state index is 12.0. The molecule has 0 amide bonds. The van der Waals surface area contributed by atoms with E-state index in [9.17, 15) is 18.0 Å². The van der Waals surface area contributed by atoms with E-state index < -0.39 is 6.36 Å². The van der Waals surface area contributed by atoms with Crippen LogP contribution in [0.2, 0.25) is 0 Å². The predicted molar refractivity (Wildman–Crippen MR) is 68.6 cm³/mol. The molecule has 0 unspecified atom stereocenters. The Morgan fingerprint density at radius 2 is 1.70 bits per heavy atom. The van der Waals surface area contributed by atoms with E-state index >= 15 is 0 Å². The molecule has 1 aliphatic rings. The van der Waals surface area contributed by atoms with E-state index in [0.717, 1.165) is 25.7 Å². The van der Waals surface area contributed by atoms with Gasteiger partial charge >= 0.3 is 6.36 Å². The highest BCUT2D eigenvalue weighted by atomic mass is 19.4. The molecule has 0 aromatic heterocycles. The average Bonchev–Trinajstić information content (AvgIpc) is 2.39. The summed E-state index contributed by atoms with van der Waals surface area (Å²) in [6.45, 7) is 0. The molecule has 20 heavy (non-hydrogen) atoms. The van der Waals surface area contributed by atoms with E-state index in [4.69, 9.17) is 0 Å². The molecule has 2 nitrogen and oxygen atoms in total. The number of carbonyl (C=O) groups excluding carboxylic acids is 1. The van der Waals surface area contributed by atoms with Crippen molar-refractivity contribution in [2.75, 3.05) is 0 Å². The summed E-state index contributed by atoms with van der Waals surface area (Å²) in [5, 5.41) is 0. The van der Waals surface area contributed by atoms with Gasteiger partial charge in [0.2, 0.25) is 0 Å². The summed E-state index contributed by atoms with van der Waals surface area (Å²) in [4.78, 5) is 12.0. The average molecular weight is 286 g/mol. The summed E-state index contributed by atoms with van der Waals surface area (Å²) in [6, 6.07) is 5.15. The van der Waals surface area contributed by atoms with Crippen LogP contribution in [-0.2, 0) is 0 Å². The van der Waals surface area contributed by atoms with Crippen LogP contribution in [0.4, 0.5) is 13.2 Å². The van der Waals surface area contributed by atoms with Crippen LogP contribution in [0.3, 0.4) is 0 Å². The minimum Gasteiger partial charge on any atom is -0.406 e. The number of ether oxygens (including phenoxy) is 1. The quantitative estimate of drug-likeness (QED) is 0.747. The van der Waals surface area contributed by atoms with Gasteiger partial charge in [0.25, 0.3) is 0 Å². The third-order valence-corrected chi connectivity index (χ3v) is 3.61. The molecule has 1 saturated carbocycles. The molecule has 0 spiro atoms. The number of rotatable bonds is 4. The van der Waals surface area contributed by atoms with E-state index in [1.807, 2.05) is 0 Å². The van der Waals surface area contributed by atoms with Gasteiger partial charge in [-0.1, -0.05) is 32.1 Å². The van der Waals surface area contributed by atoms with Crippen LogP contribution >= 0.6 is 0 Å². The van der Waals surface area contributed by atoms with Crippen molar-refractivity contribution < 1.29 is 22.7 Å². The number of Topliss-reactive ketones (excluding diaryl/α,β-unsaturated/α-hetero) is 1. The SMILES string of the molecule is O=C(CC1CCCCC1)c1ccc(OC(F)(F)F)cc1. The summed E-state index contributed by atoms with van der Waals surface area (Å²) in [5.41, 5.74) is 0.449. The van der Waals surface area contributed by atoms with Crippen LogP contribution in [0.1, 0.15) is 48.9 Å². The van der Waals surface area contributed by atoms with E-state index in [2.05, 4.69) is 4.74 Å². The number of benzene rings is 1. The van der Waals surface area contributed by atoms with Gasteiger partial charge in [0.15, 0.2) is 5.78 Å². The fourth-order valence-electron chi connectivity index (χ4n) is 2.61. The third-order valence-electron chi connectivity index (χ3n) is 3.61. The molecule has 0 aliphatic heterocycles. The van der Waals surface area contributed by atoms with Crippen LogP contribution in [-0.4, -0.2) is 12.1 Å². The van der Waals surface area contributed by atoms with Gasteiger partial charge in [-0.05, 0) is 30.2 Å². The highest BCUT2D eigenvalue weighted by Gasteiger charge is 2.31. The van der Waals surface area contributed by atoms with Crippen molar-refractivity contribution in [1.82, 2.24) is 0 Å². The van der Waals surface area contributed by atoms with Gasteiger partial charge in [0.05, 0.1) is 0 Å². The van der Waals surface area contributed by atoms with Crippen molar-refractivity contribution in [1.29, 1.82) is 0 Å². The van der Waals surface area contributed by atoms with Crippen LogP contribution in [0.15, 0.2) is 24.3 Å². The number of carbonyl (C=O) groups is 1. The lowest BCUT2D eigenvalue weighted by Crippen LogP contribution is -2.17. The Labute approximate surface area is 115 Å². The Hall–Kier alpha value is -1.52. The topological polar surface area (TPSA) is 26.3 Å². The van der Waals surface area contributed by atoms with Crippen molar-refractivity contribution in [3.05, 3.63) is 29.8 Å². The molecule has 0 radical (unpaired) electrons. The van der Waals surface area contributed by atoms with Gasteiger partial charge < -0.3 is 4.74 Å². The zero-order chi connectivity index (χ0) is 14.6. The Morgan fingerprint density at radius 1 is 1.10 bits per heavy atom. The second kappa shape index (κ2) is 6.29. The Bertz CT molecular complexity index is 445. The normalized spacial score (nSPS) is 16.9. The minimum atomic E-state index is -4.70. The highest BCUT2D eigenvalue weighted by molar-refractivity contribution is 5.96. The van der Waals surface area contributed by atoms with Crippen LogP contribution in [0, 0.1) is 5.92 Å². The largest absolute Gasteiger partial charge is 0.573 e. The number of alkyl halides is 3. The van der Waals surface area contributed by atoms with Crippen LogP contribution in [0.25, 0.3) is 0 Å². The first kappa shape index (κ1) is 14.9. The van der Waals surface area contributed by atoms with Crippen molar-refractivity contribution in [2.45, 2.75) is 44.9 Å². The molecule has 0 N–H and O–H groups in total. The molecule has 0 saturated heterocycles. The summed E-state index contributed by atoms with van der Waals surface area (Å²) in [6.07, 6.45) is 1.48. The fourth-order valence-corrected chi connectivity index (χ4v) is 2.61. The molecular formula is C15H17F3O2. The number of hydrogen-bond acceptors (Lipinski definition) is 2. The monoisotopic (exact) mass is 286 g/mol. The molecule has 1 aromatic carbocycles. The molecule has 2 rings (SSSR count). The van der Waals surface area contributed by atoms with E-state index in [1.54, 1.807) is 0 Å². The summed E-state index contributed by atoms with van der Waals surface area (Å²) < 4.78 is 39.8. The Kier molecular flexibility index (Phi) is 4.68. The standard InChI is InChI=1S/C15H17F3O2/c16-15(17,18)20-13-8-6-12(7-9-13)14(19)10-11-4-2-1-3-5-11/h6-9,11H,1-5,10H2. The maximum absolute atomic E-state index is 12.0. The van der Waals surface area contributed by atoms with Crippen molar-refractivity contribution in [2.24, 2.45) is 5.92 Å². The second-order valence-corrected chi connectivity index (χ2v) is 5.20. The van der Waals surface area contributed by atoms with E-state index in [-0.39, 0.29) is 11.5 Å². The van der Waals surface area contributed by atoms with Gasteiger partial charge in [0.1, 0.15) is 5.75 Å². The number of hydrogen-bond donors (Lipinski definition) is 0. The first-order valence-corrected chi connectivity index (χ1v) is 6.83. The molecule has 0 atom stereocenters. The smallest absolute Gasteiger partial charge is 0.406 e. The van der Waals surface area contributed by atoms with Crippen molar-refractivity contribution >= 4 is 5.78 Å². The first-order chi connectivity index (χ1) is 9.44. The second-order valence-electron chi connectivity index (χ2n) is 5.20. The van der Waals surface area contributed by atoms with Gasteiger partial charge in [-0.25, -0.2) is 0 Å². The number of halogens is 3. The molecule has 1 aliphatic carbocycles. The lowest BCUT2D eigenvalue weighted by molar-refractivity contribution is -0.274. The molecule has 0 heterocycles. The molecule has 110 valence electrons. The van der Waals surface area contributed by atoms with Crippen LogP contribution < -0.4 is 4.74 Å². The van der Waals surface area contributed by atoms with Gasteiger partial charge in [-0.2, -0.15) is 0 Å². The van der Waals surface area contributed by atoms with Crippen molar-refractivity contribution in [3.63, 3.8) is 0 Å². The van der Waals surface area contributed by atoms with Gasteiger partial charge in [-0.3, -0.25) is 4.79 Å². The lowest BCUT2D eigenvalue weighted by Gasteiger charge is -2.20. The molecule has 0 bridgehead atoms. The summed E-state index contributed by atoms with van der Waals surface area (Å²) >= 11 is 0. The predicted octanol–water partition coefficient (Wildman–Crippen LogP) is 4.74. The molecule has 1 fully saturated rings. The van der Waals surface area contributed by atoms with Crippen LogP contribution in [0.5, 0.6) is 5.75 Å². The Morgan fingerprint density at radius 3 is 2.25 bits per heavy atom. The van der Waals surface area contributed by atoms with Gasteiger partial charge in [0, 0.05) is 12.0 Å². The number of ketones is 1. The zero-order valence-corrected chi connectivity index (χ0v) is 11.1. The lowest BCUT2D eigenvalue weighted by atomic mass is 9.85.